The van der Waals surface area contributed by atoms with Crippen LogP contribution in [0, 0.1) is 12.7 Å². The third-order valence-electron chi connectivity index (χ3n) is 3.34. The molecule has 5 heteroatoms. The van der Waals surface area contributed by atoms with Gasteiger partial charge in [-0.25, -0.2) is 9.37 Å². The Morgan fingerprint density at radius 3 is 2.62 bits per heavy atom. The quantitative estimate of drug-likeness (QED) is 0.575. The van der Waals surface area contributed by atoms with Crippen molar-refractivity contribution >= 4 is 34.2 Å². The van der Waals surface area contributed by atoms with Crippen LogP contribution in [0.5, 0.6) is 0 Å². The van der Waals surface area contributed by atoms with Crippen molar-refractivity contribution in [3.8, 4) is 5.69 Å². The molecule has 0 bridgehead atoms. The van der Waals surface area contributed by atoms with Gasteiger partial charge in [0.05, 0.1) is 27.1 Å². The van der Waals surface area contributed by atoms with E-state index < -0.39 is 0 Å². The summed E-state index contributed by atoms with van der Waals surface area (Å²) in [7, 11) is 0. The van der Waals surface area contributed by atoms with Gasteiger partial charge in [0.25, 0.3) is 0 Å². The Morgan fingerprint density at radius 1 is 1.19 bits per heavy atom. The zero-order valence-electron chi connectivity index (χ0n) is 11.6. The van der Waals surface area contributed by atoms with E-state index >= 15 is 0 Å². The van der Waals surface area contributed by atoms with Gasteiger partial charge < -0.3 is 0 Å². The van der Waals surface area contributed by atoms with Crippen molar-refractivity contribution in [1.82, 2.24) is 9.55 Å². The Bertz CT molecular complexity index is 825. The molecule has 2 nitrogen and oxygen atoms in total. The van der Waals surface area contributed by atoms with Crippen LogP contribution in [0.1, 0.15) is 23.7 Å². The molecular formula is C16H13Cl2FN2. The molecule has 2 aromatic carbocycles. The van der Waals surface area contributed by atoms with Gasteiger partial charge >= 0.3 is 0 Å². The van der Waals surface area contributed by atoms with E-state index in [1.807, 2.05) is 36.6 Å². The Kier molecular flexibility index (Phi) is 3.64. The smallest absolute Gasteiger partial charge is 0.132 e. The van der Waals surface area contributed by atoms with Gasteiger partial charge in [0.2, 0.25) is 0 Å². The normalized spacial score (nSPS) is 12.8. The van der Waals surface area contributed by atoms with E-state index in [4.69, 9.17) is 23.2 Å². The van der Waals surface area contributed by atoms with E-state index in [1.54, 1.807) is 6.07 Å². The zero-order valence-corrected chi connectivity index (χ0v) is 13.1. The summed E-state index contributed by atoms with van der Waals surface area (Å²) in [6.45, 7) is 3.80. The van der Waals surface area contributed by atoms with E-state index in [1.165, 1.54) is 12.1 Å². The largest absolute Gasteiger partial charge is 0.293 e. The van der Waals surface area contributed by atoms with E-state index in [0.717, 1.165) is 11.3 Å². The summed E-state index contributed by atoms with van der Waals surface area (Å²) in [4.78, 5) is 4.50. The molecule has 0 N–H and O–H groups in total. The topological polar surface area (TPSA) is 17.8 Å². The molecule has 3 aromatic rings. The summed E-state index contributed by atoms with van der Waals surface area (Å²) in [5, 5.41) is 0.259. The first kappa shape index (κ1) is 14.4. The van der Waals surface area contributed by atoms with Gasteiger partial charge in [-0.2, -0.15) is 0 Å². The molecule has 0 aliphatic carbocycles. The maximum absolute atomic E-state index is 13.6. The highest BCUT2D eigenvalue weighted by Crippen LogP contribution is 2.32. The highest BCUT2D eigenvalue weighted by Gasteiger charge is 2.18. The Hall–Kier alpha value is -1.58. The van der Waals surface area contributed by atoms with Crippen LogP contribution in [0.25, 0.3) is 16.7 Å². The van der Waals surface area contributed by atoms with Crippen LogP contribution in [0.4, 0.5) is 4.39 Å². The van der Waals surface area contributed by atoms with E-state index in [-0.39, 0.29) is 11.2 Å². The molecule has 3 rings (SSSR count). The molecule has 1 heterocycles. The minimum atomic E-state index is -0.321. The third kappa shape index (κ3) is 2.52. The summed E-state index contributed by atoms with van der Waals surface area (Å²) in [5.74, 6) is 0.323. The van der Waals surface area contributed by atoms with E-state index in [0.29, 0.717) is 21.9 Å². The van der Waals surface area contributed by atoms with Crippen molar-refractivity contribution in [1.29, 1.82) is 0 Å². The number of hydrogen-bond acceptors (Lipinski definition) is 1. The number of halogens is 3. The highest BCUT2D eigenvalue weighted by atomic mass is 35.5. The van der Waals surface area contributed by atoms with Gasteiger partial charge in [0, 0.05) is 6.07 Å². The van der Waals surface area contributed by atoms with Crippen LogP contribution in [0.2, 0.25) is 5.02 Å². The first-order chi connectivity index (χ1) is 9.97. The summed E-state index contributed by atoms with van der Waals surface area (Å²) in [6, 6.07) is 10.2. The van der Waals surface area contributed by atoms with Gasteiger partial charge in [-0.15, -0.1) is 11.6 Å². The minimum absolute atomic E-state index is 0.319. The van der Waals surface area contributed by atoms with Crippen LogP contribution < -0.4 is 0 Å². The van der Waals surface area contributed by atoms with Gasteiger partial charge in [0.1, 0.15) is 11.6 Å². The lowest BCUT2D eigenvalue weighted by Crippen LogP contribution is -2.03. The fourth-order valence-corrected chi connectivity index (χ4v) is 2.85. The lowest BCUT2D eigenvalue weighted by atomic mass is 10.2. The molecule has 0 saturated carbocycles. The molecular weight excluding hydrogens is 310 g/mol. The van der Waals surface area contributed by atoms with Crippen molar-refractivity contribution in [3.63, 3.8) is 0 Å². The van der Waals surface area contributed by atoms with Crippen molar-refractivity contribution in [3.05, 3.63) is 58.6 Å². The maximum atomic E-state index is 13.6. The average Bonchev–Trinajstić information content (AvgIpc) is 2.77. The molecule has 0 fully saturated rings. The number of aromatic nitrogens is 2. The average molecular weight is 323 g/mol. The van der Waals surface area contributed by atoms with Crippen molar-refractivity contribution in [2.24, 2.45) is 0 Å². The molecule has 0 saturated heterocycles. The van der Waals surface area contributed by atoms with Crippen LogP contribution >= 0.6 is 23.2 Å². The van der Waals surface area contributed by atoms with Crippen LogP contribution in [0.15, 0.2) is 36.4 Å². The summed E-state index contributed by atoms with van der Waals surface area (Å²) in [6.07, 6.45) is 0. The molecule has 21 heavy (non-hydrogen) atoms. The number of fused-ring (bicyclic) bond motifs is 1. The second-order valence-electron chi connectivity index (χ2n) is 5.01. The van der Waals surface area contributed by atoms with Crippen LogP contribution in [-0.4, -0.2) is 9.55 Å². The highest BCUT2D eigenvalue weighted by molar-refractivity contribution is 6.32. The monoisotopic (exact) mass is 322 g/mol. The molecule has 1 atom stereocenters. The minimum Gasteiger partial charge on any atom is -0.293 e. The molecule has 0 radical (unpaired) electrons. The van der Waals surface area contributed by atoms with Gasteiger partial charge in [0.15, 0.2) is 0 Å². The second kappa shape index (κ2) is 5.32. The molecule has 0 spiro atoms. The molecule has 0 aliphatic heterocycles. The third-order valence-corrected chi connectivity index (χ3v) is 3.84. The number of hydrogen-bond donors (Lipinski definition) is 0. The lowest BCUT2D eigenvalue weighted by Gasteiger charge is -2.12. The van der Waals surface area contributed by atoms with Gasteiger partial charge in [-0.3, -0.25) is 4.57 Å². The zero-order chi connectivity index (χ0) is 15.1. The second-order valence-corrected chi connectivity index (χ2v) is 6.07. The molecule has 1 aromatic heterocycles. The SMILES string of the molecule is Cc1ccc(-n2c(C(C)Cl)nc3ccc(F)cc32)c(Cl)c1. The summed E-state index contributed by atoms with van der Waals surface area (Å²) in [5.41, 5.74) is 3.15. The number of benzene rings is 2. The number of imidazole rings is 1. The molecule has 108 valence electrons. The first-order valence-electron chi connectivity index (χ1n) is 6.56. The fourth-order valence-electron chi connectivity index (χ4n) is 2.38. The lowest BCUT2D eigenvalue weighted by molar-refractivity contribution is 0.629. The Morgan fingerprint density at radius 2 is 1.95 bits per heavy atom. The standard InChI is InChI=1S/C16H13Cl2FN2/c1-9-3-6-14(12(18)7-9)21-15-8-11(19)4-5-13(15)20-16(21)10(2)17/h3-8,10H,1-2H3. The fraction of sp³-hybridized carbons (Fsp3) is 0.188. The van der Waals surface area contributed by atoms with Crippen LogP contribution in [-0.2, 0) is 0 Å². The molecule has 0 amide bonds. The van der Waals surface area contributed by atoms with Crippen molar-refractivity contribution < 1.29 is 4.39 Å². The predicted octanol–water partition coefficient (Wildman–Crippen LogP) is 5.43. The van der Waals surface area contributed by atoms with E-state index in [9.17, 15) is 4.39 Å². The molecule has 0 aliphatic rings. The van der Waals surface area contributed by atoms with Crippen LogP contribution in [0.3, 0.4) is 0 Å². The number of rotatable bonds is 2. The maximum Gasteiger partial charge on any atom is 0.132 e. The summed E-state index contributed by atoms with van der Waals surface area (Å²) >= 11 is 12.6. The number of nitrogens with zero attached hydrogens (tertiary/aromatic N) is 2. The number of aryl methyl sites for hydroxylation is 1. The molecule has 1 unspecified atom stereocenters. The van der Waals surface area contributed by atoms with E-state index in [2.05, 4.69) is 4.98 Å². The Balaban J connectivity index is 2.38. The van der Waals surface area contributed by atoms with Gasteiger partial charge in [-0.05, 0) is 43.7 Å². The predicted molar refractivity (Wildman–Crippen MR) is 85.0 cm³/mol. The Labute approximate surface area is 132 Å². The van der Waals surface area contributed by atoms with Crippen molar-refractivity contribution in [2.45, 2.75) is 19.2 Å². The first-order valence-corrected chi connectivity index (χ1v) is 7.37. The number of alkyl halides is 1. The van der Waals surface area contributed by atoms with Gasteiger partial charge in [-0.1, -0.05) is 17.7 Å². The summed E-state index contributed by atoms with van der Waals surface area (Å²) < 4.78 is 15.4. The van der Waals surface area contributed by atoms with Crippen molar-refractivity contribution in [2.75, 3.05) is 0 Å².